The molecule has 0 spiro atoms. The van der Waals surface area contributed by atoms with Crippen LogP contribution in [-0.4, -0.2) is 22.0 Å². The van der Waals surface area contributed by atoms with Crippen LogP contribution in [0.2, 0.25) is 0 Å². The Morgan fingerprint density at radius 3 is 2.50 bits per heavy atom. The minimum atomic E-state index is -0.815. The molecule has 22 heavy (non-hydrogen) atoms. The molecule has 1 amide bonds. The molecule has 0 aliphatic carbocycles. The number of hydrogen-bond acceptors (Lipinski definition) is 4. The third-order valence-electron chi connectivity index (χ3n) is 3.19. The van der Waals surface area contributed by atoms with Gasteiger partial charge in [0.05, 0.1) is 10.7 Å². The molecular formula is C16H18N2O3S. The summed E-state index contributed by atoms with van der Waals surface area (Å²) < 4.78 is 0. The number of carbonyl (C=O) groups is 2. The number of rotatable bonds is 6. The molecule has 0 unspecified atom stereocenters. The minimum absolute atomic E-state index is 0.103. The Balaban J connectivity index is 2.02. The molecule has 0 saturated carbocycles. The minimum Gasteiger partial charge on any atom is -0.481 e. The van der Waals surface area contributed by atoms with E-state index in [-0.39, 0.29) is 12.3 Å². The number of benzene rings is 1. The normalized spacial score (nSPS) is 10.5. The largest absolute Gasteiger partial charge is 0.481 e. The van der Waals surface area contributed by atoms with Gasteiger partial charge in [-0.05, 0) is 37.5 Å². The number of thiazole rings is 1. The summed E-state index contributed by atoms with van der Waals surface area (Å²) in [5, 5.41) is 12.5. The number of hydrogen-bond donors (Lipinski definition) is 2. The van der Waals surface area contributed by atoms with Crippen molar-refractivity contribution >= 4 is 28.9 Å². The van der Waals surface area contributed by atoms with Crippen molar-refractivity contribution in [3.05, 3.63) is 45.4 Å². The van der Waals surface area contributed by atoms with Gasteiger partial charge in [0.1, 0.15) is 4.88 Å². The number of nitrogens with one attached hydrogen (secondary N) is 1. The molecule has 116 valence electrons. The molecule has 0 fully saturated rings. The highest BCUT2D eigenvalue weighted by Crippen LogP contribution is 2.20. The average Bonchev–Trinajstić information content (AvgIpc) is 2.87. The van der Waals surface area contributed by atoms with Gasteiger partial charge in [0.2, 0.25) is 0 Å². The number of carboxylic acid groups (broad SMARTS) is 1. The van der Waals surface area contributed by atoms with Gasteiger partial charge in [-0.3, -0.25) is 9.59 Å². The van der Waals surface area contributed by atoms with Gasteiger partial charge in [-0.2, -0.15) is 0 Å². The van der Waals surface area contributed by atoms with E-state index in [0.29, 0.717) is 17.0 Å². The number of aromatic nitrogens is 1. The van der Waals surface area contributed by atoms with Crippen molar-refractivity contribution in [2.24, 2.45) is 0 Å². The molecule has 0 atom stereocenters. The first-order valence-corrected chi connectivity index (χ1v) is 7.89. The van der Waals surface area contributed by atoms with E-state index in [1.807, 2.05) is 26.0 Å². The van der Waals surface area contributed by atoms with Gasteiger partial charge in [-0.1, -0.05) is 19.1 Å². The molecule has 2 N–H and O–H groups in total. The van der Waals surface area contributed by atoms with Crippen LogP contribution in [0.1, 0.15) is 39.3 Å². The molecule has 1 aromatic carbocycles. The zero-order chi connectivity index (χ0) is 16.1. The van der Waals surface area contributed by atoms with Crippen molar-refractivity contribution < 1.29 is 14.7 Å². The Kier molecular flexibility index (Phi) is 5.27. The standard InChI is InChI=1S/C16H18N2O3S/c1-3-13-17-10(2)15(22-13)16(21)18-12-7-4-11(5-8-12)6-9-14(19)20/h4-5,7-8H,3,6,9H2,1-2H3,(H,18,21)(H,19,20). The number of aryl methyl sites for hydroxylation is 3. The van der Waals surface area contributed by atoms with Crippen molar-refractivity contribution in [1.82, 2.24) is 4.98 Å². The van der Waals surface area contributed by atoms with E-state index in [0.717, 1.165) is 22.7 Å². The zero-order valence-electron chi connectivity index (χ0n) is 12.5. The molecule has 2 aromatic rings. The van der Waals surface area contributed by atoms with Crippen LogP contribution < -0.4 is 5.32 Å². The highest BCUT2D eigenvalue weighted by Gasteiger charge is 2.14. The van der Waals surface area contributed by atoms with Gasteiger partial charge < -0.3 is 10.4 Å². The molecule has 0 aliphatic rings. The molecule has 0 aliphatic heterocycles. The molecule has 6 heteroatoms. The SMILES string of the molecule is CCc1nc(C)c(C(=O)Nc2ccc(CCC(=O)O)cc2)s1. The van der Waals surface area contributed by atoms with Gasteiger partial charge in [0.15, 0.2) is 0 Å². The lowest BCUT2D eigenvalue weighted by Crippen LogP contribution is -2.11. The summed E-state index contributed by atoms with van der Waals surface area (Å²) in [5.41, 5.74) is 2.37. The van der Waals surface area contributed by atoms with E-state index < -0.39 is 5.97 Å². The summed E-state index contributed by atoms with van der Waals surface area (Å²) in [6, 6.07) is 7.23. The second kappa shape index (κ2) is 7.17. The Bertz CT molecular complexity index is 677. The van der Waals surface area contributed by atoms with E-state index >= 15 is 0 Å². The van der Waals surface area contributed by atoms with Crippen LogP contribution in [0.3, 0.4) is 0 Å². The highest BCUT2D eigenvalue weighted by atomic mass is 32.1. The maximum atomic E-state index is 12.2. The number of carbonyl (C=O) groups excluding carboxylic acids is 1. The predicted octanol–water partition coefficient (Wildman–Crippen LogP) is 3.28. The fourth-order valence-corrected chi connectivity index (χ4v) is 2.91. The summed E-state index contributed by atoms with van der Waals surface area (Å²) in [6.07, 6.45) is 1.40. The van der Waals surface area contributed by atoms with Gasteiger partial charge in [0.25, 0.3) is 5.91 Å². The zero-order valence-corrected chi connectivity index (χ0v) is 13.4. The van der Waals surface area contributed by atoms with Crippen molar-refractivity contribution in [1.29, 1.82) is 0 Å². The van der Waals surface area contributed by atoms with Crippen molar-refractivity contribution in [3.8, 4) is 0 Å². The number of nitrogens with zero attached hydrogens (tertiary/aromatic N) is 1. The highest BCUT2D eigenvalue weighted by molar-refractivity contribution is 7.13. The summed E-state index contributed by atoms with van der Waals surface area (Å²) in [6.45, 7) is 3.84. The number of amides is 1. The summed E-state index contributed by atoms with van der Waals surface area (Å²) in [7, 11) is 0. The second-order valence-corrected chi connectivity index (χ2v) is 6.00. The average molecular weight is 318 g/mol. The quantitative estimate of drug-likeness (QED) is 0.856. The van der Waals surface area contributed by atoms with E-state index in [2.05, 4.69) is 10.3 Å². The predicted molar refractivity (Wildman–Crippen MR) is 86.6 cm³/mol. The van der Waals surface area contributed by atoms with E-state index in [1.165, 1.54) is 11.3 Å². The van der Waals surface area contributed by atoms with Gasteiger partial charge in [0, 0.05) is 12.1 Å². The summed E-state index contributed by atoms with van der Waals surface area (Å²) in [4.78, 5) is 27.8. The van der Waals surface area contributed by atoms with Crippen LogP contribution in [0.15, 0.2) is 24.3 Å². The van der Waals surface area contributed by atoms with Crippen molar-refractivity contribution in [2.75, 3.05) is 5.32 Å². The Hall–Kier alpha value is -2.21. The van der Waals surface area contributed by atoms with E-state index in [4.69, 9.17) is 5.11 Å². The van der Waals surface area contributed by atoms with Gasteiger partial charge in [-0.25, -0.2) is 4.98 Å². The van der Waals surface area contributed by atoms with Crippen LogP contribution in [0.4, 0.5) is 5.69 Å². The molecule has 0 bridgehead atoms. The first-order valence-electron chi connectivity index (χ1n) is 7.08. The third-order valence-corrected chi connectivity index (χ3v) is 4.49. The van der Waals surface area contributed by atoms with Crippen LogP contribution in [0.25, 0.3) is 0 Å². The van der Waals surface area contributed by atoms with Gasteiger partial charge >= 0.3 is 5.97 Å². The first kappa shape index (κ1) is 16.2. The maximum Gasteiger partial charge on any atom is 0.303 e. The van der Waals surface area contributed by atoms with Crippen LogP contribution in [0.5, 0.6) is 0 Å². The Morgan fingerprint density at radius 2 is 1.95 bits per heavy atom. The van der Waals surface area contributed by atoms with E-state index in [9.17, 15) is 9.59 Å². The molecule has 1 heterocycles. The molecule has 0 saturated heterocycles. The number of carboxylic acids is 1. The van der Waals surface area contributed by atoms with Crippen LogP contribution in [-0.2, 0) is 17.6 Å². The van der Waals surface area contributed by atoms with Crippen LogP contribution >= 0.6 is 11.3 Å². The summed E-state index contributed by atoms with van der Waals surface area (Å²) >= 11 is 1.41. The van der Waals surface area contributed by atoms with Gasteiger partial charge in [-0.15, -0.1) is 11.3 Å². The number of anilines is 1. The molecule has 1 aromatic heterocycles. The number of aliphatic carboxylic acids is 1. The Labute approximate surface area is 133 Å². The lowest BCUT2D eigenvalue weighted by molar-refractivity contribution is -0.136. The lowest BCUT2D eigenvalue weighted by Gasteiger charge is -2.05. The molecule has 0 radical (unpaired) electrons. The second-order valence-electron chi connectivity index (χ2n) is 4.92. The third kappa shape index (κ3) is 4.14. The smallest absolute Gasteiger partial charge is 0.303 e. The molecule has 5 nitrogen and oxygen atoms in total. The summed E-state index contributed by atoms with van der Waals surface area (Å²) in [5.74, 6) is -0.974. The molecular weight excluding hydrogens is 300 g/mol. The fourth-order valence-electron chi connectivity index (χ4n) is 2.01. The topological polar surface area (TPSA) is 79.3 Å². The maximum absolute atomic E-state index is 12.2. The molecule has 2 rings (SSSR count). The van der Waals surface area contributed by atoms with Crippen LogP contribution in [0, 0.1) is 6.92 Å². The Morgan fingerprint density at radius 1 is 1.27 bits per heavy atom. The van der Waals surface area contributed by atoms with Crippen molar-refractivity contribution in [2.45, 2.75) is 33.1 Å². The fraction of sp³-hybridized carbons (Fsp3) is 0.312. The van der Waals surface area contributed by atoms with Crippen molar-refractivity contribution in [3.63, 3.8) is 0 Å². The lowest BCUT2D eigenvalue weighted by atomic mass is 10.1. The van der Waals surface area contributed by atoms with E-state index in [1.54, 1.807) is 12.1 Å². The monoisotopic (exact) mass is 318 g/mol. The first-order chi connectivity index (χ1) is 10.5.